The zero-order chi connectivity index (χ0) is 15.0. The lowest BCUT2D eigenvalue weighted by Crippen LogP contribution is -2.25. The van der Waals surface area contributed by atoms with Gasteiger partial charge in [-0.05, 0) is 12.5 Å². The van der Waals surface area contributed by atoms with E-state index in [1.54, 1.807) is 0 Å². The second-order valence-corrected chi connectivity index (χ2v) is 3.94. The minimum absolute atomic E-state index is 0.0446. The van der Waals surface area contributed by atoms with Crippen molar-refractivity contribution in [3.05, 3.63) is 29.6 Å². The lowest BCUT2D eigenvalue weighted by molar-refractivity contribution is -0.135. The van der Waals surface area contributed by atoms with E-state index >= 15 is 0 Å². The molecule has 0 fully saturated rings. The number of rotatable bonds is 4. The molecule has 1 aromatic rings. The Hall–Kier alpha value is -2.07. The van der Waals surface area contributed by atoms with Crippen molar-refractivity contribution in [1.82, 2.24) is 10.3 Å². The summed E-state index contributed by atoms with van der Waals surface area (Å²) in [5, 5.41) is 2.40. The molecule has 0 spiro atoms. The first-order chi connectivity index (χ1) is 9.42. The molecule has 3 N–H and O–H groups in total. The fourth-order valence-corrected chi connectivity index (χ4v) is 1.38. The summed E-state index contributed by atoms with van der Waals surface area (Å²) in [5.41, 5.74) is 6.00. The van der Waals surface area contributed by atoms with Crippen molar-refractivity contribution in [1.29, 1.82) is 0 Å². The predicted molar refractivity (Wildman–Crippen MR) is 67.8 cm³/mol. The highest BCUT2D eigenvalue weighted by atomic mass is 19.4. The molecular weight excluding hydrogens is 271 g/mol. The Morgan fingerprint density at radius 3 is 2.80 bits per heavy atom. The normalized spacial score (nSPS) is 10.6. The molecule has 4 nitrogen and oxygen atoms in total. The SMILES string of the molecule is NCC#Cc1cncc(C(=O)NCCCC(F)(F)F)c1. The maximum Gasteiger partial charge on any atom is 0.389 e. The van der Waals surface area contributed by atoms with Gasteiger partial charge in [0.2, 0.25) is 0 Å². The molecule has 0 unspecified atom stereocenters. The van der Waals surface area contributed by atoms with Crippen LogP contribution in [0.25, 0.3) is 0 Å². The highest BCUT2D eigenvalue weighted by Crippen LogP contribution is 2.20. The Bertz CT molecular complexity index is 518. The van der Waals surface area contributed by atoms with Crippen LogP contribution in [0.4, 0.5) is 13.2 Å². The molecule has 1 rings (SSSR count). The molecule has 0 bridgehead atoms. The van der Waals surface area contributed by atoms with Crippen molar-refractivity contribution in [3.63, 3.8) is 0 Å². The molecule has 0 saturated heterocycles. The van der Waals surface area contributed by atoms with Gasteiger partial charge in [0, 0.05) is 30.9 Å². The van der Waals surface area contributed by atoms with Gasteiger partial charge in [-0.15, -0.1) is 0 Å². The Morgan fingerprint density at radius 1 is 1.40 bits per heavy atom. The lowest BCUT2D eigenvalue weighted by atomic mass is 10.2. The van der Waals surface area contributed by atoms with E-state index in [4.69, 9.17) is 5.73 Å². The Labute approximate surface area is 114 Å². The third-order valence-corrected chi connectivity index (χ3v) is 2.26. The molecule has 0 atom stereocenters. The number of nitrogens with zero attached hydrogens (tertiary/aromatic N) is 1. The van der Waals surface area contributed by atoms with Gasteiger partial charge in [0.05, 0.1) is 12.1 Å². The highest BCUT2D eigenvalue weighted by molar-refractivity contribution is 5.94. The quantitative estimate of drug-likeness (QED) is 0.650. The maximum atomic E-state index is 11.9. The van der Waals surface area contributed by atoms with Crippen molar-refractivity contribution >= 4 is 5.91 Å². The highest BCUT2D eigenvalue weighted by Gasteiger charge is 2.25. The van der Waals surface area contributed by atoms with Gasteiger partial charge >= 0.3 is 6.18 Å². The summed E-state index contributed by atoms with van der Waals surface area (Å²) in [6.07, 6.45) is -2.48. The molecule has 0 aliphatic carbocycles. The van der Waals surface area contributed by atoms with E-state index < -0.39 is 18.5 Å². The van der Waals surface area contributed by atoms with Gasteiger partial charge in [0.1, 0.15) is 0 Å². The number of carbonyl (C=O) groups is 1. The minimum Gasteiger partial charge on any atom is -0.352 e. The topological polar surface area (TPSA) is 68.0 Å². The van der Waals surface area contributed by atoms with Crippen molar-refractivity contribution in [2.45, 2.75) is 19.0 Å². The zero-order valence-corrected chi connectivity index (χ0v) is 10.6. The number of hydrogen-bond acceptors (Lipinski definition) is 3. The Kier molecular flexibility index (Phi) is 6.00. The Balaban J connectivity index is 2.51. The largest absolute Gasteiger partial charge is 0.389 e. The number of hydrogen-bond donors (Lipinski definition) is 2. The minimum atomic E-state index is -4.20. The van der Waals surface area contributed by atoms with Gasteiger partial charge in [-0.3, -0.25) is 9.78 Å². The summed E-state index contributed by atoms with van der Waals surface area (Å²) in [6.45, 7) is 0.144. The Morgan fingerprint density at radius 2 is 2.15 bits per heavy atom. The molecule has 1 aromatic heterocycles. The van der Waals surface area contributed by atoms with E-state index in [0.29, 0.717) is 5.56 Å². The van der Waals surface area contributed by atoms with Crippen LogP contribution in [-0.4, -0.2) is 30.2 Å². The van der Waals surface area contributed by atoms with Crippen molar-refractivity contribution < 1.29 is 18.0 Å². The molecule has 108 valence electrons. The van der Waals surface area contributed by atoms with E-state index in [9.17, 15) is 18.0 Å². The predicted octanol–water partition coefficient (Wildman–Crippen LogP) is 1.46. The van der Waals surface area contributed by atoms with Crippen LogP contribution in [0.15, 0.2) is 18.5 Å². The van der Waals surface area contributed by atoms with E-state index in [2.05, 4.69) is 22.1 Å². The van der Waals surface area contributed by atoms with Crippen LogP contribution in [0.3, 0.4) is 0 Å². The van der Waals surface area contributed by atoms with Crippen molar-refractivity contribution in [2.24, 2.45) is 5.73 Å². The summed E-state index contributed by atoms with van der Waals surface area (Å²) < 4.78 is 35.8. The number of nitrogens with two attached hydrogens (primary N) is 1. The molecule has 0 aromatic carbocycles. The summed E-state index contributed by atoms with van der Waals surface area (Å²) in [6, 6.07) is 1.51. The van der Waals surface area contributed by atoms with Crippen LogP contribution in [0, 0.1) is 11.8 Å². The average Bonchev–Trinajstić information content (AvgIpc) is 2.40. The van der Waals surface area contributed by atoms with Gasteiger partial charge in [-0.2, -0.15) is 13.2 Å². The molecule has 0 saturated carbocycles. The fraction of sp³-hybridized carbons (Fsp3) is 0.385. The fourth-order valence-electron chi connectivity index (χ4n) is 1.38. The molecule has 7 heteroatoms. The molecule has 0 aliphatic heterocycles. The van der Waals surface area contributed by atoms with Crippen molar-refractivity contribution in [2.75, 3.05) is 13.1 Å². The number of nitrogens with one attached hydrogen (secondary N) is 1. The van der Waals surface area contributed by atoms with Crippen molar-refractivity contribution in [3.8, 4) is 11.8 Å². The third kappa shape index (κ3) is 6.20. The van der Waals surface area contributed by atoms with Gasteiger partial charge in [-0.25, -0.2) is 0 Å². The first-order valence-corrected chi connectivity index (χ1v) is 5.91. The number of carbonyl (C=O) groups excluding carboxylic acids is 1. The average molecular weight is 285 g/mol. The standard InChI is InChI=1S/C13H14F3N3O/c14-13(15,16)4-2-6-19-12(20)11-7-10(3-1-5-17)8-18-9-11/h7-9H,2,4-6,17H2,(H,19,20). The number of alkyl halides is 3. The molecular formula is C13H14F3N3O. The number of aromatic nitrogens is 1. The number of pyridine rings is 1. The molecule has 0 aliphatic rings. The first-order valence-electron chi connectivity index (χ1n) is 5.91. The summed E-state index contributed by atoms with van der Waals surface area (Å²) in [5.74, 6) is 4.87. The van der Waals surface area contributed by atoms with Crippen LogP contribution in [-0.2, 0) is 0 Å². The lowest BCUT2D eigenvalue weighted by Gasteiger charge is -2.07. The van der Waals surface area contributed by atoms with Gasteiger partial charge < -0.3 is 11.1 Å². The second kappa shape index (κ2) is 7.50. The number of amides is 1. The van der Waals surface area contributed by atoms with Gasteiger partial charge in [-0.1, -0.05) is 11.8 Å². The smallest absolute Gasteiger partial charge is 0.352 e. The van der Waals surface area contributed by atoms with Crippen LogP contribution >= 0.6 is 0 Å². The number of halogens is 3. The van der Waals surface area contributed by atoms with E-state index in [-0.39, 0.29) is 25.1 Å². The summed E-state index contributed by atoms with van der Waals surface area (Å²) in [4.78, 5) is 15.5. The van der Waals surface area contributed by atoms with Gasteiger partial charge in [0.15, 0.2) is 0 Å². The summed E-state index contributed by atoms with van der Waals surface area (Å²) in [7, 11) is 0. The van der Waals surface area contributed by atoms with E-state index in [1.807, 2.05) is 0 Å². The molecule has 1 amide bonds. The summed E-state index contributed by atoms with van der Waals surface area (Å²) >= 11 is 0. The van der Waals surface area contributed by atoms with Crippen LogP contribution in [0.5, 0.6) is 0 Å². The van der Waals surface area contributed by atoms with Gasteiger partial charge in [0.25, 0.3) is 5.91 Å². The van der Waals surface area contributed by atoms with Crippen LogP contribution < -0.4 is 11.1 Å². The van der Waals surface area contributed by atoms with Crippen LogP contribution in [0.2, 0.25) is 0 Å². The zero-order valence-electron chi connectivity index (χ0n) is 10.6. The molecule has 20 heavy (non-hydrogen) atoms. The molecule has 1 heterocycles. The monoisotopic (exact) mass is 285 g/mol. The van der Waals surface area contributed by atoms with E-state index in [0.717, 1.165) is 0 Å². The van der Waals surface area contributed by atoms with E-state index in [1.165, 1.54) is 18.5 Å². The second-order valence-electron chi connectivity index (χ2n) is 3.94. The van der Waals surface area contributed by atoms with Crippen LogP contribution in [0.1, 0.15) is 28.8 Å². The maximum absolute atomic E-state index is 11.9. The first kappa shape index (κ1) is 16.0. The third-order valence-electron chi connectivity index (χ3n) is 2.26. The molecule has 0 radical (unpaired) electrons.